The summed E-state index contributed by atoms with van der Waals surface area (Å²) in [5.74, 6) is 0.311. The number of halogens is 1. The van der Waals surface area contributed by atoms with Gasteiger partial charge in [-0.1, -0.05) is 19.3 Å². The van der Waals surface area contributed by atoms with Crippen molar-refractivity contribution in [2.24, 2.45) is 0 Å². The molecule has 5 nitrogen and oxygen atoms in total. The summed E-state index contributed by atoms with van der Waals surface area (Å²) >= 11 is 5.83. The number of hydrogen-bond acceptors (Lipinski definition) is 3. The molecule has 20 heavy (non-hydrogen) atoms. The van der Waals surface area contributed by atoms with Crippen LogP contribution < -0.4 is 0 Å². The Labute approximate surface area is 125 Å². The van der Waals surface area contributed by atoms with E-state index in [-0.39, 0.29) is 6.04 Å². The first-order chi connectivity index (χ1) is 9.48. The van der Waals surface area contributed by atoms with Gasteiger partial charge in [-0.05, 0) is 26.7 Å². The van der Waals surface area contributed by atoms with Gasteiger partial charge in [-0.15, -0.1) is 11.6 Å². The summed E-state index contributed by atoms with van der Waals surface area (Å²) in [6, 6.07) is 0.0706. The molecular formula is C13H22ClN3O2S. The van der Waals surface area contributed by atoms with Crippen molar-refractivity contribution < 1.29 is 8.42 Å². The highest BCUT2D eigenvalue weighted by molar-refractivity contribution is 7.89. The largest absolute Gasteiger partial charge is 0.281 e. The van der Waals surface area contributed by atoms with Crippen molar-refractivity contribution >= 4 is 21.6 Å². The highest BCUT2D eigenvalue weighted by Crippen LogP contribution is 2.29. The van der Waals surface area contributed by atoms with E-state index < -0.39 is 10.0 Å². The number of hydrogen-bond donors (Lipinski definition) is 1. The van der Waals surface area contributed by atoms with E-state index in [1.165, 1.54) is 6.42 Å². The zero-order valence-electron chi connectivity index (χ0n) is 12.0. The van der Waals surface area contributed by atoms with E-state index in [1.807, 2.05) is 0 Å². The van der Waals surface area contributed by atoms with Crippen LogP contribution in [0.25, 0.3) is 0 Å². The van der Waals surface area contributed by atoms with Gasteiger partial charge in [0.1, 0.15) is 4.90 Å². The van der Waals surface area contributed by atoms with Crippen LogP contribution in [0.4, 0.5) is 0 Å². The molecule has 0 aromatic carbocycles. The number of nitrogens with zero attached hydrogens (tertiary/aromatic N) is 2. The van der Waals surface area contributed by atoms with Gasteiger partial charge in [0.15, 0.2) is 0 Å². The Bertz CT molecular complexity index is 530. The fourth-order valence-electron chi connectivity index (χ4n) is 2.99. The third kappa shape index (κ3) is 3.02. The van der Waals surface area contributed by atoms with Crippen molar-refractivity contribution in [2.45, 2.75) is 56.9 Å². The SMILES string of the molecule is Cc1n[nH]c(C)c1S(=O)(=O)N(CCCl)C1CCCCC1. The molecule has 7 heteroatoms. The van der Waals surface area contributed by atoms with Gasteiger partial charge in [-0.3, -0.25) is 5.10 Å². The maximum absolute atomic E-state index is 12.9. The van der Waals surface area contributed by atoms with E-state index in [0.717, 1.165) is 25.7 Å². The van der Waals surface area contributed by atoms with Crippen molar-refractivity contribution in [1.82, 2.24) is 14.5 Å². The Morgan fingerprint density at radius 1 is 1.30 bits per heavy atom. The smallest absolute Gasteiger partial charge is 0.247 e. The second kappa shape index (κ2) is 6.45. The molecule has 1 heterocycles. The molecule has 1 N–H and O–H groups in total. The molecule has 2 rings (SSSR count). The summed E-state index contributed by atoms with van der Waals surface area (Å²) in [6.07, 6.45) is 5.21. The van der Waals surface area contributed by atoms with Crippen molar-refractivity contribution in [3.05, 3.63) is 11.4 Å². The first-order valence-corrected chi connectivity index (χ1v) is 9.05. The molecule has 0 unspecified atom stereocenters. The van der Waals surface area contributed by atoms with E-state index in [4.69, 9.17) is 11.6 Å². The maximum Gasteiger partial charge on any atom is 0.247 e. The van der Waals surface area contributed by atoms with Crippen molar-refractivity contribution in [3.8, 4) is 0 Å². The Hall–Kier alpha value is -0.590. The fraction of sp³-hybridized carbons (Fsp3) is 0.769. The normalized spacial score (nSPS) is 17.8. The molecular weight excluding hydrogens is 298 g/mol. The lowest BCUT2D eigenvalue weighted by Crippen LogP contribution is -2.42. The molecule has 114 valence electrons. The zero-order chi connectivity index (χ0) is 14.8. The molecule has 0 atom stereocenters. The minimum absolute atomic E-state index is 0.0706. The Balaban J connectivity index is 2.36. The van der Waals surface area contributed by atoms with Crippen LogP contribution >= 0.6 is 11.6 Å². The lowest BCUT2D eigenvalue weighted by molar-refractivity contribution is 0.262. The number of alkyl halides is 1. The number of sulfonamides is 1. The second-order valence-corrected chi connectivity index (χ2v) is 7.57. The summed E-state index contributed by atoms with van der Waals surface area (Å²) in [4.78, 5) is 0.313. The molecule has 0 amide bonds. The first-order valence-electron chi connectivity index (χ1n) is 7.08. The molecule has 1 aromatic heterocycles. The summed E-state index contributed by atoms with van der Waals surface area (Å²) in [5.41, 5.74) is 1.12. The minimum Gasteiger partial charge on any atom is -0.281 e. The second-order valence-electron chi connectivity index (χ2n) is 5.36. The van der Waals surface area contributed by atoms with Gasteiger partial charge in [0.25, 0.3) is 0 Å². The van der Waals surface area contributed by atoms with Crippen LogP contribution in [0.2, 0.25) is 0 Å². The van der Waals surface area contributed by atoms with Crippen molar-refractivity contribution in [1.29, 1.82) is 0 Å². The predicted molar refractivity (Wildman–Crippen MR) is 79.5 cm³/mol. The standard InChI is InChI=1S/C13H22ClN3O2S/c1-10-13(11(2)16-15-10)20(18,19)17(9-8-14)12-6-4-3-5-7-12/h12H,3-9H2,1-2H3,(H,15,16). The van der Waals surface area contributed by atoms with Crippen LogP contribution in [0.5, 0.6) is 0 Å². The Morgan fingerprint density at radius 3 is 2.45 bits per heavy atom. The molecule has 1 aromatic rings. The van der Waals surface area contributed by atoms with Gasteiger partial charge in [0.05, 0.1) is 11.4 Å². The number of rotatable bonds is 5. The number of aromatic nitrogens is 2. The van der Waals surface area contributed by atoms with Gasteiger partial charge < -0.3 is 0 Å². The van der Waals surface area contributed by atoms with Crippen LogP contribution in [0.1, 0.15) is 43.5 Å². The minimum atomic E-state index is -3.53. The number of nitrogens with one attached hydrogen (secondary N) is 1. The first kappa shape index (κ1) is 15.8. The summed E-state index contributed by atoms with van der Waals surface area (Å²) in [5, 5.41) is 6.76. The Kier molecular flexibility index (Phi) is 5.09. The Morgan fingerprint density at radius 2 is 1.95 bits per heavy atom. The molecule has 0 radical (unpaired) electrons. The lowest BCUT2D eigenvalue weighted by Gasteiger charge is -2.33. The fourth-order valence-corrected chi connectivity index (χ4v) is 5.29. The highest BCUT2D eigenvalue weighted by Gasteiger charge is 2.34. The number of aryl methyl sites for hydroxylation is 2. The summed E-state index contributed by atoms with van der Waals surface area (Å²) in [7, 11) is -3.53. The molecule has 1 saturated carbocycles. The molecule has 0 saturated heterocycles. The molecule has 0 aliphatic heterocycles. The number of H-pyrrole nitrogens is 1. The molecule has 1 aliphatic carbocycles. The molecule has 1 aliphatic rings. The van der Waals surface area contributed by atoms with E-state index in [2.05, 4.69) is 10.2 Å². The lowest BCUT2D eigenvalue weighted by atomic mass is 9.95. The van der Waals surface area contributed by atoms with Gasteiger partial charge in [-0.25, -0.2) is 8.42 Å². The van der Waals surface area contributed by atoms with Crippen LogP contribution in [0.3, 0.4) is 0 Å². The van der Waals surface area contributed by atoms with E-state index in [9.17, 15) is 8.42 Å². The van der Waals surface area contributed by atoms with Crippen molar-refractivity contribution in [2.75, 3.05) is 12.4 Å². The third-order valence-electron chi connectivity index (χ3n) is 3.91. The quantitative estimate of drug-likeness (QED) is 0.848. The van der Waals surface area contributed by atoms with Crippen molar-refractivity contribution in [3.63, 3.8) is 0 Å². The van der Waals surface area contributed by atoms with Gasteiger partial charge >= 0.3 is 0 Å². The number of aromatic amines is 1. The summed E-state index contributed by atoms with van der Waals surface area (Å²) in [6.45, 7) is 3.82. The average molecular weight is 320 g/mol. The third-order valence-corrected chi connectivity index (χ3v) is 6.30. The van der Waals surface area contributed by atoms with E-state index in [0.29, 0.717) is 28.7 Å². The maximum atomic E-state index is 12.9. The average Bonchev–Trinajstić information content (AvgIpc) is 2.77. The topological polar surface area (TPSA) is 66.1 Å². The van der Waals surface area contributed by atoms with Gasteiger partial charge in [-0.2, -0.15) is 9.40 Å². The van der Waals surface area contributed by atoms with E-state index in [1.54, 1.807) is 18.2 Å². The monoisotopic (exact) mass is 319 g/mol. The molecule has 0 bridgehead atoms. The van der Waals surface area contributed by atoms with Gasteiger partial charge in [0, 0.05) is 18.5 Å². The molecule has 1 fully saturated rings. The predicted octanol–water partition coefficient (Wildman–Crippen LogP) is 2.59. The highest BCUT2D eigenvalue weighted by atomic mass is 35.5. The van der Waals surface area contributed by atoms with Gasteiger partial charge in [0.2, 0.25) is 10.0 Å². The summed E-state index contributed by atoms with van der Waals surface area (Å²) < 4.78 is 27.5. The van der Waals surface area contributed by atoms with E-state index >= 15 is 0 Å². The van der Waals surface area contributed by atoms with Crippen LogP contribution in [-0.4, -0.2) is 41.4 Å². The van der Waals surface area contributed by atoms with Crippen LogP contribution in [0, 0.1) is 13.8 Å². The molecule has 0 spiro atoms. The van der Waals surface area contributed by atoms with Crippen LogP contribution in [-0.2, 0) is 10.0 Å². The van der Waals surface area contributed by atoms with Crippen LogP contribution in [0.15, 0.2) is 4.90 Å². The zero-order valence-corrected chi connectivity index (χ0v) is 13.6.